The molecule has 2 heteroatoms. The quantitative estimate of drug-likeness (QED) is 0.332. The topological polar surface area (TPSA) is 0 Å². The normalized spacial score (nSPS) is 73.9. The molecule has 0 aromatic heterocycles. The fraction of sp³-hybridized carbons (Fsp3) is 0.571. The molecule has 10 aliphatic heterocycles. The van der Waals surface area contributed by atoms with Crippen molar-refractivity contribution < 1.29 is 6.51 Å². The van der Waals surface area contributed by atoms with Crippen LogP contribution in [-0.2, 0) is 6.51 Å². The zero-order valence-electron chi connectivity index (χ0n) is 18.5. The Labute approximate surface area is 171 Å². The van der Waals surface area contributed by atoms with Crippen molar-refractivity contribution in [3.05, 3.63) is 58.7 Å². The van der Waals surface area contributed by atoms with Gasteiger partial charge in [-0.2, -0.15) is 0 Å². The molecule has 0 bridgehead atoms. The molecule has 10 heterocycles. The molecular weight excluding hydrogens is 423 g/mol. The first-order valence-electron chi connectivity index (χ1n) is 12.3. The van der Waals surface area contributed by atoms with Gasteiger partial charge in [-0.1, -0.05) is 0 Å². The summed E-state index contributed by atoms with van der Waals surface area (Å²) < 4.78 is 0.986. The summed E-state index contributed by atoms with van der Waals surface area (Å²) >= 11 is 0. The van der Waals surface area contributed by atoms with E-state index in [2.05, 4.69) is 71.0 Å². The first kappa shape index (κ1) is 14.5. The van der Waals surface area contributed by atoms with E-state index in [-0.39, 0.29) is 7.92 Å². The molecule has 0 nitrogen and oxygen atoms in total. The summed E-state index contributed by atoms with van der Waals surface area (Å²) in [5.74, 6) is 0. The third-order valence-electron chi connectivity index (χ3n) is 18.8. The van der Waals surface area contributed by atoms with E-state index in [0.717, 1.165) is 9.97 Å². The standard InChI is InChI=1S/C23H26P.C5H5.Fe/c1-16-10-17(2)13-22(12-16)24(20(5)21-8-6-7-9-21)23-14-18(3)11-19(4)15-23;1-2-4-5-3-1;/h6-15,20H,1-5H3;1-5H;. The van der Waals surface area contributed by atoms with E-state index in [1.165, 1.54) is 65.6 Å². The molecule has 1 spiro atoms. The van der Waals surface area contributed by atoms with Gasteiger partial charge in [0.2, 0.25) is 0 Å². The van der Waals surface area contributed by atoms with Gasteiger partial charge in [-0.25, -0.2) is 0 Å². The summed E-state index contributed by atoms with van der Waals surface area (Å²) in [4.78, 5) is 12.9. The maximum atomic E-state index is 2.81. The molecule has 2 aromatic rings. The summed E-state index contributed by atoms with van der Waals surface area (Å²) in [5, 5.41) is 3.41. The molecule has 0 saturated carbocycles. The molecule has 2 aromatic carbocycles. The predicted molar refractivity (Wildman–Crippen MR) is 124 cm³/mol. The van der Waals surface area contributed by atoms with Crippen molar-refractivity contribution in [3.63, 3.8) is 0 Å². The summed E-state index contributed by atoms with van der Waals surface area (Å²) in [6.07, 6.45) is 0. The van der Waals surface area contributed by atoms with Crippen molar-refractivity contribution in [1.82, 2.24) is 0 Å². The maximum absolute atomic E-state index is 3.10. The van der Waals surface area contributed by atoms with E-state index in [0.29, 0.717) is 0 Å². The molecule has 0 amide bonds. The number of hydrogen-bond donors (Lipinski definition) is 0. The molecule has 0 aliphatic carbocycles. The third-order valence-corrected chi connectivity index (χ3v) is 64.6. The Bertz CT molecular complexity index is 1530. The first-order chi connectivity index (χ1) is 14.1. The van der Waals surface area contributed by atoms with E-state index in [1.807, 2.05) is 0 Å². The monoisotopic (exact) mass is 454 g/mol. The van der Waals surface area contributed by atoms with E-state index < -0.39 is 6.51 Å². The SMILES string of the molecule is Cc1cc(C)cc(P(c2cc(C)cc(C)c2)C(C)[C]23[CH]4[CH]5[CH]6[CH]2[Fe]56432789[CH]3[CH]2[CH]7[CH]8[CH]39)c1. The van der Waals surface area contributed by atoms with Gasteiger partial charge < -0.3 is 0 Å². The van der Waals surface area contributed by atoms with Crippen molar-refractivity contribution in [2.75, 3.05) is 0 Å². The second kappa shape index (κ2) is 1.85. The number of aryl methyl sites for hydroxylation is 4. The fourth-order valence-electron chi connectivity index (χ4n) is 20.5. The van der Waals surface area contributed by atoms with Gasteiger partial charge in [-0.15, -0.1) is 0 Å². The molecule has 10 fully saturated rings. The molecule has 156 valence electrons. The Morgan fingerprint density at radius 1 is 0.633 bits per heavy atom. The molecule has 5 atom stereocenters. The van der Waals surface area contributed by atoms with Crippen LogP contribution in [0.15, 0.2) is 36.4 Å². The minimum absolute atomic E-state index is 0.248. The van der Waals surface area contributed by atoms with Gasteiger partial charge >= 0.3 is 172 Å². The van der Waals surface area contributed by atoms with Crippen molar-refractivity contribution in [2.24, 2.45) is 0 Å². The summed E-state index contributed by atoms with van der Waals surface area (Å²) in [6.45, 7) is 8.99. The van der Waals surface area contributed by atoms with Crippen LogP contribution in [-0.4, -0.2) is 5.66 Å². The van der Waals surface area contributed by atoms with Crippen molar-refractivity contribution in [2.45, 2.75) is 87.9 Å². The molecule has 10 saturated heterocycles. The molecule has 0 N–H and O–H groups in total. The van der Waals surface area contributed by atoms with Gasteiger partial charge in [-0.3, -0.25) is 0 Å². The van der Waals surface area contributed by atoms with Crippen LogP contribution in [0.5, 0.6) is 0 Å². The van der Waals surface area contributed by atoms with Crippen LogP contribution in [0.25, 0.3) is 0 Å². The summed E-state index contributed by atoms with van der Waals surface area (Å²) in [5.41, 5.74) is 6.85. The third kappa shape index (κ3) is 0.295. The first-order valence-corrected chi connectivity index (χ1v) is 20.0. The molecule has 5 unspecified atom stereocenters. The number of hydrogen-bond acceptors (Lipinski definition) is 0. The summed E-state index contributed by atoms with van der Waals surface area (Å²) in [6, 6.07) is 15.1. The van der Waals surface area contributed by atoms with Gasteiger partial charge in [0.15, 0.2) is 0 Å². The zero-order valence-corrected chi connectivity index (χ0v) is 20.5. The number of rotatable bonds is 4. The van der Waals surface area contributed by atoms with Crippen LogP contribution < -0.4 is 10.6 Å². The van der Waals surface area contributed by atoms with Gasteiger partial charge in [0.05, 0.1) is 0 Å². The van der Waals surface area contributed by atoms with E-state index >= 15 is 0 Å². The van der Waals surface area contributed by atoms with Gasteiger partial charge in [0, 0.05) is 0 Å². The van der Waals surface area contributed by atoms with Crippen molar-refractivity contribution in [3.8, 4) is 0 Å². The average molecular weight is 454 g/mol. The van der Waals surface area contributed by atoms with E-state index in [1.54, 1.807) is 10.6 Å². The Kier molecular flexibility index (Phi) is 0.894. The van der Waals surface area contributed by atoms with Gasteiger partial charge in [0.25, 0.3) is 0 Å². The fourth-order valence-corrected chi connectivity index (χ4v) is 102. The number of fused-ring (bicyclic) bond motifs is 10. The summed E-state index contributed by atoms with van der Waals surface area (Å²) in [7, 11) is -0.248. The van der Waals surface area contributed by atoms with E-state index in [4.69, 9.17) is 0 Å². The molecular formula is C28H31FeP. The van der Waals surface area contributed by atoms with Crippen LogP contribution in [0.3, 0.4) is 0 Å². The Morgan fingerprint density at radius 3 is 1.27 bits per heavy atom. The van der Waals surface area contributed by atoms with Crippen molar-refractivity contribution in [1.29, 1.82) is 0 Å². The molecule has 30 heavy (non-hydrogen) atoms. The minimum atomic E-state index is -3.10. The molecule has 10 aliphatic rings. The second-order valence-corrected chi connectivity index (χ2v) is 41.6. The Balaban J connectivity index is 1.15. The van der Waals surface area contributed by atoms with Crippen LogP contribution >= 0.6 is 7.92 Å². The van der Waals surface area contributed by atoms with Crippen LogP contribution in [0.4, 0.5) is 0 Å². The Hall–Kier alpha value is -0.611. The van der Waals surface area contributed by atoms with Gasteiger partial charge in [-0.05, 0) is 0 Å². The van der Waals surface area contributed by atoms with Gasteiger partial charge in [0.1, 0.15) is 0 Å². The Morgan fingerprint density at radius 2 is 1.00 bits per heavy atom. The van der Waals surface area contributed by atoms with Crippen LogP contribution in [0.1, 0.15) is 29.2 Å². The predicted octanol–water partition coefficient (Wildman–Crippen LogP) is 7.50. The van der Waals surface area contributed by atoms with E-state index in [9.17, 15) is 0 Å². The average Bonchev–Trinajstić information content (AvgIpc) is 3.59. The van der Waals surface area contributed by atoms with Crippen LogP contribution in [0.2, 0.25) is 47.7 Å². The molecule has 0 radical (unpaired) electrons. The second-order valence-electron chi connectivity index (χ2n) is 15.5. The van der Waals surface area contributed by atoms with Crippen molar-refractivity contribution >= 4 is 18.5 Å². The molecule has 12 rings (SSSR count). The zero-order chi connectivity index (χ0) is 19.9. The number of benzene rings is 2. The van der Waals surface area contributed by atoms with Crippen LogP contribution in [0, 0.1) is 27.7 Å².